The quantitative estimate of drug-likeness (QED) is 0.854. The van der Waals surface area contributed by atoms with Gasteiger partial charge >= 0.3 is 5.97 Å². The Bertz CT molecular complexity index is 464. The average Bonchev–Trinajstić information content (AvgIpc) is 2.23. The number of aromatic nitrogens is 1. The third-order valence-corrected chi connectivity index (χ3v) is 2.55. The predicted octanol–water partition coefficient (Wildman–Crippen LogP) is 1.62. The Hall–Kier alpha value is -1.91. The van der Waals surface area contributed by atoms with Crippen LogP contribution in [0.4, 0.5) is 0 Å². The van der Waals surface area contributed by atoms with E-state index in [1.54, 1.807) is 39.8 Å². The summed E-state index contributed by atoms with van der Waals surface area (Å²) in [5.74, 6) is -1.44. The third-order valence-electron chi connectivity index (χ3n) is 2.55. The molecule has 1 heterocycles. The number of aliphatic carboxylic acids is 1. The van der Waals surface area contributed by atoms with Gasteiger partial charge in [-0.25, -0.2) is 4.79 Å². The van der Waals surface area contributed by atoms with Crippen molar-refractivity contribution in [2.75, 3.05) is 0 Å². The van der Waals surface area contributed by atoms with E-state index in [-0.39, 0.29) is 0 Å². The van der Waals surface area contributed by atoms with Crippen LogP contribution in [-0.4, -0.2) is 28.0 Å². The minimum Gasteiger partial charge on any atom is -0.480 e. The first-order chi connectivity index (χ1) is 8.21. The zero-order chi connectivity index (χ0) is 13.9. The van der Waals surface area contributed by atoms with Crippen molar-refractivity contribution < 1.29 is 14.7 Å². The highest BCUT2D eigenvalue weighted by atomic mass is 16.4. The topological polar surface area (TPSA) is 79.3 Å². The van der Waals surface area contributed by atoms with E-state index < -0.39 is 23.3 Å². The number of aryl methyl sites for hydroxylation is 1. The van der Waals surface area contributed by atoms with Gasteiger partial charge in [0.1, 0.15) is 6.04 Å². The molecule has 0 aliphatic rings. The summed E-state index contributed by atoms with van der Waals surface area (Å²) in [6.07, 6.45) is 1.52. The second kappa shape index (κ2) is 5.16. The minimum absolute atomic E-state index is 0.400. The SMILES string of the molecule is Cc1cc(C(=O)N[C@H](C(=O)O)C(C)(C)C)ccn1. The lowest BCUT2D eigenvalue weighted by Crippen LogP contribution is -2.49. The normalized spacial score (nSPS) is 12.9. The summed E-state index contributed by atoms with van der Waals surface area (Å²) in [5, 5.41) is 11.7. The van der Waals surface area contributed by atoms with Gasteiger partial charge < -0.3 is 10.4 Å². The number of amides is 1. The molecule has 0 radical (unpaired) electrons. The fraction of sp³-hybridized carbons (Fsp3) is 0.462. The molecule has 0 saturated heterocycles. The first-order valence-electron chi connectivity index (χ1n) is 5.68. The molecular formula is C13H18N2O3. The second-order valence-electron chi connectivity index (χ2n) is 5.30. The first-order valence-corrected chi connectivity index (χ1v) is 5.68. The number of carbonyl (C=O) groups is 2. The Balaban J connectivity index is 2.89. The lowest BCUT2D eigenvalue weighted by atomic mass is 9.86. The summed E-state index contributed by atoms with van der Waals surface area (Å²) in [6.45, 7) is 7.08. The first kappa shape index (κ1) is 14.2. The lowest BCUT2D eigenvalue weighted by molar-refractivity contribution is -0.142. The van der Waals surface area contributed by atoms with Crippen LogP contribution in [0, 0.1) is 12.3 Å². The Kier molecular flexibility index (Phi) is 4.06. The van der Waals surface area contributed by atoms with Gasteiger partial charge in [0.25, 0.3) is 5.91 Å². The molecule has 0 aliphatic carbocycles. The molecule has 18 heavy (non-hydrogen) atoms. The van der Waals surface area contributed by atoms with Crippen LogP contribution in [0.25, 0.3) is 0 Å². The number of pyridine rings is 1. The molecule has 0 aliphatic heterocycles. The van der Waals surface area contributed by atoms with Crippen molar-refractivity contribution in [2.24, 2.45) is 5.41 Å². The minimum atomic E-state index is -1.04. The molecule has 1 rings (SSSR count). The van der Waals surface area contributed by atoms with Gasteiger partial charge in [-0.1, -0.05) is 20.8 Å². The summed E-state index contributed by atoms with van der Waals surface area (Å²) >= 11 is 0. The standard InChI is InChI=1S/C13H18N2O3/c1-8-7-9(5-6-14-8)11(16)15-10(12(17)18)13(2,3)4/h5-7,10H,1-4H3,(H,15,16)(H,17,18)/t10-/m1/s1. The van der Waals surface area contributed by atoms with Crippen LogP contribution < -0.4 is 5.32 Å². The number of hydrogen-bond donors (Lipinski definition) is 2. The molecule has 1 aromatic heterocycles. The maximum Gasteiger partial charge on any atom is 0.326 e. The number of carboxylic acids is 1. The van der Waals surface area contributed by atoms with E-state index in [1.807, 2.05) is 0 Å². The zero-order valence-electron chi connectivity index (χ0n) is 11.0. The summed E-state index contributed by atoms with van der Waals surface area (Å²) < 4.78 is 0. The van der Waals surface area contributed by atoms with Crippen molar-refractivity contribution in [1.29, 1.82) is 0 Å². The smallest absolute Gasteiger partial charge is 0.326 e. The zero-order valence-corrected chi connectivity index (χ0v) is 11.0. The monoisotopic (exact) mass is 250 g/mol. The molecule has 0 fully saturated rings. The second-order valence-corrected chi connectivity index (χ2v) is 5.30. The van der Waals surface area contributed by atoms with E-state index in [2.05, 4.69) is 10.3 Å². The van der Waals surface area contributed by atoms with Crippen molar-refractivity contribution in [3.63, 3.8) is 0 Å². The summed E-state index contributed by atoms with van der Waals surface area (Å²) in [4.78, 5) is 27.1. The largest absolute Gasteiger partial charge is 0.480 e. The summed E-state index contributed by atoms with van der Waals surface area (Å²) in [7, 11) is 0. The van der Waals surface area contributed by atoms with Gasteiger partial charge in [-0.2, -0.15) is 0 Å². The number of carbonyl (C=O) groups excluding carboxylic acids is 1. The molecule has 5 heteroatoms. The Morgan fingerprint density at radius 1 is 1.39 bits per heavy atom. The molecule has 0 bridgehead atoms. The van der Waals surface area contributed by atoms with Gasteiger partial charge in [-0.3, -0.25) is 9.78 Å². The van der Waals surface area contributed by atoms with E-state index in [9.17, 15) is 9.59 Å². The van der Waals surface area contributed by atoms with E-state index in [4.69, 9.17) is 5.11 Å². The number of nitrogens with zero attached hydrogens (tertiary/aromatic N) is 1. The van der Waals surface area contributed by atoms with Crippen LogP contribution in [0.5, 0.6) is 0 Å². The predicted molar refractivity (Wildman–Crippen MR) is 67.3 cm³/mol. The number of carboxylic acid groups (broad SMARTS) is 1. The van der Waals surface area contributed by atoms with Crippen molar-refractivity contribution in [2.45, 2.75) is 33.7 Å². The van der Waals surface area contributed by atoms with Gasteiger partial charge in [-0.15, -0.1) is 0 Å². The summed E-state index contributed by atoms with van der Waals surface area (Å²) in [5.41, 5.74) is 0.576. The molecule has 0 saturated carbocycles. The van der Waals surface area contributed by atoms with Crippen LogP contribution in [-0.2, 0) is 4.79 Å². The van der Waals surface area contributed by atoms with Crippen LogP contribution in [0.15, 0.2) is 18.3 Å². The van der Waals surface area contributed by atoms with Gasteiger partial charge in [0.15, 0.2) is 0 Å². The van der Waals surface area contributed by atoms with Crippen LogP contribution in [0.1, 0.15) is 36.8 Å². The molecule has 1 aromatic rings. The van der Waals surface area contributed by atoms with Gasteiger partial charge in [0.05, 0.1) is 0 Å². The molecule has 2 N–H and O–H groups in total. The Morgan fingerprint density at radius 2 is 2.00 bits per heavy atom. The molecule has 98 valence electrons. The molecule has 0 spiro atoms. The van der Waals surface area contributed by atoms with Crippen molar-refractivity contribution in [1.82, 2.24) is 10.3 Å². The Morgan fingerprint density at radius 3 is 2.44 bits per heavy atom. The van der Waals surface area contributed by atoms with Crippen molar-refractivity contribution in [3.05, 3.63) is 29.6 Å². The lowest BCUT2D eigenvalue weighted by Gasteiger charge is -2.27. The molecule has 0 aromatic carbocycles. The number of hydrogen-bond acceptors (Lipinski definition) is 3. The third kappa shape index (κ3) is 3.55. The average molecular weight is 250 g/mol. The highest BCUT2D eigenvalue weighted by Crippen LogP contribution is 2.19. The molecule has 1 atom stereocenters. The maximum absolute atomic E-state index is 12.0. The summed E-state index contributed by atoms with van der Waals surface area (Å²) in [6, 6.07) is 2.25. The highest BCUT2D eigenvalue weighted by Gasteiger charge is 2.32. The van der Waals surface area contributed by atoms with E-state index in [1.165, 1.54) is 6.20 Å². The van der Waals surface area contributed by atoms with E-state index in [0.717, 1.165) is 0 Å². The van der Waals surface area contributed by atoms with Crippen LogP contribution >= 0.6 is 0 Å². The van der Waals surface area contributed by atoms with Gasteiger partial charge in [0, 0.05) is 17.5 Å². The number of rotatable bonds is 3. The van der Waals surface area contributed by atoms with Gasteiger partial charge in [0.2, 0.25) is 0 Å². The van der Waals surface area contributed by atoms with Crippen molar-refractivity contribution in [3.8, 4) is 0 Å². The molecule has 0 unspecified atom stereocenters. The van der Waals surface area contributed by atoms with Crippen LogP contribution in [0.3, 0.4) is 0 Å². The van der Waals surface area contributed by atoms with Crippen LogP contribution in [0.2, 0.25) is 0 Å². The fourth-order valence-corrected chi connectivity index (χ4v) is 1.55. The molecule has 1 amide bonds. The molecule has 5 nitrogen and oxygen atoms in total. The van der Waals surface area contributed by atoms with E-state index in [0.29, 0.717) is 11.3 Å². The van der Waals surface area contributed by atoms with E-state index >= 15 is 0 Å². The Labute approximate surface area is 106 Å². The number of nitrogens with one attached hydrogen (secondary N) is 1. The van der Waals surface area contributed by atoms with Gasteiger partial charge in [-0.05, 0) is 24.5 Å². The fourth-order valence-electron chi connectivity index (χ4n) is 1.55. The highest BCUT2D eigenvalue weighted by molar-refractivity contribution is 5.96. The van der Waals surface area contributed by atoms with Crippen molar-refractivity contribution >= 4 is 11.9 Å². The molecular weight excluding hydrogens is 232 g/mol. The maximum atomic E-state index is 12.0.